The van der Waals surface area contributed by atoms with Crippen molar-refractivity contribution in [2.45, 2.75) is 65.1 Å². The summed E-state index contributed by atoms with van der Waals surface area (Å²) in [5, 5.41) is 25.6. The van der Waals surface area contributed by atoms with Crippen molar-refractivity contribution in [3.05, 3.63) is 490 Å². The van der Waals surface area contributed by atoms with E-state index in [2.05, 4.69) is 559 Å². The predicted molar refractivity (Wildman–Crippen MR) is 615 cm³/mol. The van der Waals surface area contributed by atoms with Gasteiger partial charge in [-0.1, -0.05) is 380 Å². The highest BCUT2D eigenvalue weighted by atomic mass is 28.3. The molecule has 26 rings (SSSR count). The summed E-state index contributed by atoms with van der Waals surface area (Å²) >= 11 is 0. The number of benzene rings is 23. The SMILES string of the molecule is CC1(C)c2ccccc2-c2ccc(N(c3ccccc3)c3ccc4c(c3)[Si](C)(C)c3cccc5c3c-4cc3c4ccccc4c(-c4ccc(N(c6ccccc6)c6ccccc6-c6ccccc6)cc4)cc53)cc21.C[Si](C)(C)c1ccc(N(c2ccccc2)c2ccc(-c3cc4c5cccc6c5c(cc4c4ccccc34)-c3ccc(N(c4ccccc4)c4ccc5ccccc5c4)cc3[Si]6(C)C)cc2)cc1. The number of rotatable bonds is 16. The largest absolute Gasteiger partial charge is 0.311 e. The Morgan fingerprint density at radius 3 is 1.01 bits per heavy atom. The van der Waals surface area contributed by atoms with Gasteiger partial charge in [-0.3, -0.25) is 0 Å². The Hall–Kier alpha value is -16.3. The van der Waals surface area contributed by atoms with E-state index in [1.165, 1.54) is 202 Å². The summed E-state index contributed by atoms with van der Waals surface area (Å²) in [6.45, 7) is 22.2. The molecule has 0 saturated carbocycles. The van der Waals surface area contributed by atoms with Gasteiger partial charge in [0, 0.05) is 73.5 Å². The Bertz CT molecular complexity index is 8900. The molecular weight excluding hydrogens is 1750 g/mol. The van der Waals surface area contributed by atoms with Gasteiger partial charge >= 0.3 is 0 Å². The molecule has 2 heterocycles. The topological polar surface area (TPSA) is 13.0 Å². The maximum absolute atomic E-state index is 2.56. The number of anilines is 12. The van der Waals surface area contributed by atoms with Crippen molar-refractivity contribution in [2.24, 2.45) is 0 Å². The van der Waals surface area contributed by atoms with Gasteiger partial charge in [0.05, 0.1) is 13.8 Å². The molecule has 0 spiro atoms. The first kappa shape index (κ1) is 86.3. The molecule has 23 aromatic carbocycles. The van der Waals surface area contributed by atoms with Gasteiger partial charge in [0.2, 0.25) is 0 Å². The van der Waals surface area contributed by atoms with Gasteiger partial charge < -0.3 is 19.6 Å². The Kier molecular flexibility index (Phi) is 20.9. The Labute approximate surface area is 829 Å². The van der Waals surface area contributed by atoms with Crippen LogP contribution in [0.5, 0.6) is 0 Å². The normalized spacial score (nSPS) is 13.3. The van der Waals surface area contributed by atoms with Gasteiger partial charge in [-0.2, -0.15) is 0 Å². The molecule has 0 amide bonds. The van der Waals surface area contributed by atoms with E-state index in [0.717, 1.165) is 45.5 Å². The number of fused-ring (bicyclic) bond motifs is 16. The molecule has 4 nitrogen and oxygen atoms in total. The number of nitrogens with zero attached hydrogens (tertiary/aromatic N) is 4. The van der Waals surface area contributed by atoms with E-state index < -0.39 is 24.2 Å². The molecular formula is C134H106N4Si3. The van der Waals surface area contributed by atoms with Crippen molar-refractivity contribution in [1.82, 2.24) is 0 Å². The van der Waals surface area contributed by atoms with Crippen LogP contribution in [0.1, 0.15) is 25.0 Å². The molecule has 23 aromatic rings. The summed E-state index contributed by atoms with van der Waals surface area (Å²) in [5.41, 5.74) is 31.9. The highest BCUT2D eigenvalue weighted by Gasteiger charge is 2.41. The van der Waals surface area contributed by atoms with Crippen LogP contribution < -0.4 is 45.5 Å². The molecule has 0 bridgehead atoms. The van der Waals surface area contributed by atoms with Crippen LogP contribution in [0, 0.1) is 0 Å². The summed E-state index contributed by atoms with van der Waals surface area (Å²) in [7, 11) is -5.93. The van der Waals surface area contributed by atoms with Crippen LogP contribution in [0.25, 0.3) is 142 Å². The monoisotopic (exact) mass is 1850 g/mol. The number of hydrogen-bond acceptors (Lipinski definition) is 4. The first-order valence-corrected chi connectivity index (χ1v) is 59.1. The minimum Gasteiger partial charge on any atom is -0.311 e. The van der Waals surface area contributed by atoms with Crippen molar-refractivity contribution in [3.8, 4) is 66.8 Å². The van der Waals surface area contributed by atoms with Gasteiger partial charge in [-0.15, -0.1) is 0 Å². The molecule has 7 heteroatoms. The minimum absolute atomic E-state index is 0.101. The van der Waals surface area contributed by atoms with E-state index >= 15 is 0 Å². The van der Waals surface area contributed by atoms with Gasteiger partial charge in [-0.25, -0.2) is 0 Å². The van der Waals surface area contributed by atoms with Crippen molar-refractivity contribution in [2.75, 3.05) is 19.6 Å². The summed E-state index contributed by atoms with van der Waals surface area (Å²) in [4.78, 5) is 9.67. The number of hydrogen-bond donors (Lipinski definition) is 0. The second-order valence-corrected chi connectivity index (χ2v) is 54.8. The van der Waals surface area contributed by atoms with Crippen molar-refractivity contribution >= 4 is 194 Å². The molecule has 0 N–H and O–H groups in total. The third kappa shape index (κ3) is 14.6. The summed E-state index contributed by atoms with van der Waals surface area (Å²) in [5.74, 6) is 0. The highest BCUT2D eigenvalue weighted by molar-refractivity contribution is 7.04. The van der Waals surface area contributed by atoms with E-state index in [-0.39, 0.29) is 5.41 Å². The molecule has 0 aromatic heterocycles. The van der Waals surface area contributed by atoms with Gasteiger partial charge in [0.1, 0.15) is 16.1 Å². The molecule has 0 atom stereocenters. The van der Waals surface area contributed by atoms with Crippen molar-refractivity contribution < 1.29 is 0 Å². The quantitative estimate of drug-likeness (QED) is 0.0706. The van der Waals surface area contributed by atoms with Crippen LogP contribution in [0.4, 0.5) is 68.2 Å². The van der Waals surface area contributed by atoms with E-state index in [1.54, 1.807) is 0 Å². The lowest BCUT2D eigenvalue weighted by Gasteiger charge is -2.36. The molecule has 141 heavy (non-hydrogen) atoms. The average Bonchev–Trinajstić information content (AvgIpc) is 1.68. The van der Waals surface area contributed by atoms with Crippen molar-refractivity contribution in [3.63, 3.8) is 0 Å². The van der Waals surface area contributed by atoms with Crippen LogP contribution in [-0.4, -0.2) is 24.2 Å². The highest BCUT2D eigenvalue weighted by Crippen LogP contribution is 2.54. The smallest absolute Gasteiger partial charge is 0.113 e. The molecule has 0 unspecified atom stereocenters. The zero-order valence-corrected chi connectivity index (χ0v) is 83.9. The fourth-order valence-electron chi connectivity index (χ4n) is 23.6. The Balaban J connectivity index is 0.000000149. The maximum atomic E-state index is 2.56. The van der Waals surface area contributed by atoms with Crippen LogP contribution in [-0.2, 0) is 5.41 Å². The van der Waals surface area contributed by atoms with E-state index in [0.29, 0.717) is 0 Å². The van der Waals surface area contributed by atoms with Crippen LogP contribution in [0.15, 0.2) is 479 Å². The molecule has 2 aliphatic heterocycles. The Morgan fingerprint density at radius 2 is 0.518 bits per heavy atom. The molecule has 0 saturated heterocycles. The van der Waals surface area contributed by atoms with Crippen LogP contribution >= 0.6 is 0 Å². The summed E-state index contributed by atoms with van der Waals surface area (Å²) < 4.78 is 0. The third-order valence-electron chi connectivity index (χ3n) is 30.8. The number of para-hydroxylation sites is 5. The van der Waals surface area contributed by atoms with Crippen LogP contribution in [0.2, 0.25) is 45.8 Å². The van der Waals surface area contributed by atoms with E-state index in [1.807, 2.05) is 0 Å². The molecule has 1 aliphatic carbocycles. The zero-order chi connectivity index (χ0) is 95.2. The fourth-order valence-corrected chi connectivity index (χ4v) is 31.0. The lowest BCUT2D eigenvalue weighted by molar-refractivity contribution is 0.660. The molecule has 0 radical (unpaired) electrons. The summed E-state index contributed by atoms with van der Waals surface area (Å²) in [6, 6.07) is 179. The predicted octanol–water partition coefficient (Wildman–Crippen LogP) is 34.8. The fraction of sp³-hybridized carbons (Fsp3) is 0.0746. The first-order chi connectivity index (χ1) is 68.8. The van der Waals surface area contributed by atoms with Crippen molar-refractivity contribution in [1.29, 1.82) is 0 Å². The molecule has 0 fully saturated rings. The molecule has 3 aliphatic rings. The van der Waals surface area contributed by atoms with E-state index in [9.17, 15) is 0 Å². The van der Waals surface area contributed by atoms with Crippen LogP contribution in [0.3, 0.4) is 0 Å². The standard InChI is InChI=1S/C71H54N2Si.C63H52N2Si2/c1-71(2)65-32-18-16-30-57(65)58-41-39-52(43-66(58)71)72(49-23-10-6-11-24-49)53-40-42-59-64-46-62-56-29-15-14-28-55(56)61(45-63(62)60-31-20-34-68(70(60)64)74(3,4)69(59)44-53)48-35-37-51(38-36-48)73(50-25-12-7-13-26-50)67-33-19-17-27-54(67)47-21-8-5-9-22-47;1-66(2,3)52-36-33-49(34-37-52)64(46-19-8-6-9-20-46)48-30-28-44(29-31-48)57-41-59-56-25-16-26-61-63(56)60(42-58(59)54-24-15-14-23-53(54)57)55-38-35-51(40-62(55)67(61,4)5)65(47-21-10-7-11-22-47)50-32-27-43-17-12-13-18-45(43)39-50/h5-46H,1-4H3;6-42H,1-5H3. The first-order valence-electron chi connectivity index (χ1n) is 49.6. The van der Waals surface area contributed by atoms with Gasteiger partial charge in [-0.05, 0) is 332 Å². The van der Waals surface area contributed by atoms with E-state index in [4.69, 9.17) is 0 Å². The average molecular weight is 1860 g/mol. The second kappa shape index (κ2) is 34.1. The second-order valence-electron chi connectivity index (χ2n) is 41.0. The lowest BCUT2D eigenvalue weighted by atomic mass is 9.82. The third-order valence-corrected chi connectivity index (χ3v) is 39.9. The van der Waals surface area contributed by atoms with Gasteiger partial charge in [0.25, 0.3) is 0 Å². The maximum Gasteiger partial charge on any atom is 0.113 e. The lowest BCUT2D eigenvalue weighted by Crippen LogP contribution is -2.56. The van der Waals surface area contributed by atoms with Gasteiger partial charge in [0.15, 0.2) is 0 Å². The summed E-state index contributed by atoms with van der Waals surface area (Å²) in [6.07, 6.45) is 0. The Morgan fingerprint density at radius 1 is 0.191 bits per heavy atom. The minimum atomic E-state index is -2.27. The molecule has 674 valence electrons. The zero-order valence-electron chi connectivity index (χ0n) is 80.9.